The second kappa shape index (κ2) is 8.77. The Bertz CT molecular complexity index is 1370. The Hall–Kier alpha value is -4.54. The van der Waals surface area contributed by atoms with Crippen molar-refractivity contribution in [3.63, 3.8) is 0 Å². The van der Waals surface area contributed by atoms with Gasteiger partial charge in [-0.15, -0.1) is 5.10 Å². The van der Waals surface area contributed by atoms with Crippen LogP contribution in [-0.4, -0.2) is 63.4 Å². The van der Waals surface area contributed by atoms with Gasteiger partial charge in [-0.25, -0.2) is 19.6 Å². The number of hydrogen-bond acceptors (Lipinski definition) is 8. The van der Waals surface area contributed by atoms with Crippen LogP contribution in [-0.2, 0) is 11.3 Å². The van der Waals surface area contributed by atoms with Gasteiger partial charge in [-0.05, 0) is 11.6 Å². The van der Waals surface area contributed by atoms with Gasteiger partial charge in [0.25, 0.3) is 11.8 Å². The van der Waals surface area contributed by atoms with Crippen LogP contribution in [0.3, 0.4) is 0 Å². The zero-order valence-corrected chi connectivity index (χ0v) is 18.5. The molecule has 0 bridgehead atoms. The predicted octanol–water partition coefficient (Wildman–Crippen LogP) is 1.43. The molecule has 11 heteroatoms. The molecule has 1 aliphatic heterocycles. The molecule has 172 valence electrons. The molecule has 1 aliphatic rings. The molecule has 0 radical (unpaired) electrons. The van der Waals surface area contributed by atoms with Gasteiger partial charge in [0, 0.05) is 13.1 Å². The van der Waals surface area contributed by atoms with Crippen LogP contribution >= 0.6 is 0 Å². The van der Waals surface area contributed by atoms with E-state index in [1.165, 1.54) is 24.7 Å². The molecule has 3 heterocycles. The van der Waals surface area contributed by atoms with E-state index in [1.54, 1.807) is 23.9 Å². The maximum atomic E-state index is 13.1. The molecule has 1 atom stereocenters. The van der Waals surface area contributed by atoms with Crippen molar-refractivity contribution in [2.75, 3.05) is 25.7 Å². The molecule has 0 saturated carbocycles. The van der Waals surface area contributed by atoms with E-state index in [2.05, 4.69) is 25.4 Å². The summed E-state index contributed by atoms with van der Waals surface area (Å²) < 4.78 is 12.8. The molecule has 34 heavy (non-hydrogen) atoms. The van der Waals surface area contributed by atoms with Crippen LogP contribution in [0.25, 0.3) is 10.9 Å². The van der Waals surface area contributed by atoms with Gasteiger partial charge < -0.3 is 19.7 Å². The van der Waals surface area contributed by atoms with Crippen molar-refractivity contribution in [2.45, 2.75) is 12.6 Å². The van der Waals surface area contributed by atoms with E-state index in [9.17, 15) is 9.59 Å². The Morgan fingerprint density at radius 1 is 1.21 bits per heavy atom. The molecule has 4 aromatic rings. The molecule has 0 aliphatic carbocycles. The average molecular weight is 459 g/mol. The summed E-state index contributed by atoms with van der Waals surface area (Å²) in [4.78, 5) is 39.8. The molecule has 1 N–H and O–H groups in total. The van der Waals surface area contributed by atoms with Crippen LogP contribution in [0.5, 0.6) is 11.6 Å². The van der Waals surface area contributed by atoms with Crippen LogP contribution in [0.1, 0.15) is 16.2 Å². The molecular weight excluding hydrogens is 438 g/mol. The normalized spacial score (nSPS) is 15.4. The van der Waals surface area contributed by atoms with Crippen molar-refractivity contribution >= 4 is 28.4 Å². The standard InChI is InChI=1S/C23H21N7O4/c1-29-18-8-15-16(24-12-25-22(15)33-2)9-19(18)34-11-17(23(29)32)27-21(31)20-26-13-30(28-20)10-14-6-4-3-5-7-14/h3-9,12-13,17H,10-11H2,1-2H3,(H,27,31). The van der Waals surface area contributed by atoms with Crippen molar-refractivity contribution < 1.29 is 19.1 Å². The summed E-state index contributed by atoms with van der Waals surface area (Å²) in [6.45, 7) is 0.422. The minimum absolute atomic E-state index is 0.0288. The van der Waals surface area contributed by atoms with E-state index in [0.717, 1.165) is 5.56 Å². The van der Waals surface area contributed by atoms with E-state index >= 15 is 0 Å². The minimum Gasteiger partial charge on any atom is -0.489 e. The number of amides is 2. The number of ether oxygens (including phenoxy) is 2. The lowest BCUT2D eigenvalue weighted by Gasteiger charge is -2.20. The Morgan fingerprint density at radius 2 is 2.03 bits per heavy atom. The number of aromatic nitrogens is 5. The summed E-state index contributed by atoms with van der Waals surface area (Å²) in [5.41, 5.74) is 2.16. The molecule has 0 saturated heterocycles. The van der Waals surface area contributed by atoms with Crippen LogP contribution in [0.15, 0.2) is 55.1 Å². The van der Waals surface area contributed by atoms with Crippen molar-refractivity contribution in [1.82, 2.24) is 30.0 Å². The molecule has 2 aromatic heterocycles. The fourth-order valence-electron chi connectivity index (χ4n) is 3.76. The number of benzene rings is 2. The predicted molar refractivity (Wildman–Crippen MR) is 122 cm³/mol. The first kappa shape index (κ1) is 21.3. The van der Waals surface area contributed by atoms with E-state index in [1.807, 2.05) is 30.3 Å². The summed E-state index contributed by atoms with van der Waals surface area (Å²) in [6.07, 6.45) is 2.88. The Labute approximate surface area is 194 Å². The van der Waals surface area contributed by atoms with E-state index < -0.39 is 11.9 Å². The highest BCUT2D eigenvalue weighted by molar-refractivity contribution is 6.04. The van der Waals surface area contributed by atoms with Crippen molar-refractivity contribution in [3.8, 4) is 11.6 Å². The third-order valence-corrected chi connectivity index (χ3v) is 5.50. The second-order valence-corrected chi connectivity index (χ2v) is 7.71. The lowest BCUT2D eigenvalue weighted by molar-refractivity contribution is -0.120. The molecule has 1 unspecified atom stereocenters. The van der Waals surface area contributed by atoms with Gasteiger partial charge in [0.2, 0.25) is 11.7 Å². The second-order valence-electron chi connectivity index (χ2n) is 7.71. The number of rotatable bonds is 5. The molecule has 2 amide bonds. The largest absolute Gasteiger partial charge is 0.489 e. The number of carbonyl (C=O) groups is 2. The van der Waals surface area contributed by atoms with Crippen molar-refractivity contribution in [1.29, 1.82) is 0 Å². The zero-order valence-electron chi connectivity index (χ0n) is 18.5. The summed E-state index contributed by atoms with van der Waals surface area (Å²) in [7, 11) is 3.13. The first-order valence-electron chi connectivity index (χ1n) is 10.5. The van der Waals surface area contributed by atoms with Gasteiger partial charge in [-0.2, -0.15) is 0 Å². The maximum absolute atomic E-state index is 13.1. The third-order valence-electron chi connectivity index (χ3n) is 5.50. The number of nitrogens with one attached hydrogen (secondary N) is 1. The monoisotopic (exact) mass is 459 g/mol. The quantitative estimate of drug-likeness (QED) is 0.475. The highest BCUT2D eigenvalue weighted by atomic mass is 16.5. The number of anilines is 1. The van der Waals surface area contributed by atoms with Gasteiger partial charge in [0.1, 0.15) is 31.1 Å². The highest BCUT2D eigenvalue weighted by Gasteiger charge is 2.32. The molecule has 5 rings (SSSR count). The van der Waals surface area contributed by atoms with Gasteiger partial charge in [-0.3, -0.25) is 9.59 Å². The van der Waals surface area contributed by atoms with Crippen LogP contribution in [0.2, 0.25) is 0 Å². The van der Waals surface area contributed by atoms with Gasteiger partial charge in [-0.1, -0.05) is 30.3 Å². The SMILES string of the molecule is COc1ncnc2cc3c(cc12)N(C)C(=O)C(NC(=O)c1ncn(Cc2ccccc2)n1)CO3. The molecule has 2 aromatic carbocycles. The van der Waals surface area contributed by atoms with Crippen LogP contribution in [0.4, 0.5) is 5.69 Å². The van der Waals surface area contributed by atoms with Crippen molar-refractivity contribution in [2.24, 2.45) is 0 Å². The van der Waals surface area contributed by atoms with Gasteiger partial charge in [0.15, 0.2) is 0 Å². The number of likely N-dealkylation sites (N-methyl/N-ethyl adjacent to an activating group) is 1. The minimum atomic E-state index is -0.929. The molecular formula is C23H21N7O4. The maximum Gasteiger partial charge on any atom is 0.291 e. The first-order chi connectivity index (χ1) is 16.5. The number of methoxy groups -OCH3 is 1. The van der Waals surface area contributed by atoms with Crippen molar-refractivity contribution in [3.05, 3.63) is 66.5 Å². The highest BCUT2D eigenvalue weighted by Crippen LogP contribution is 2.36. The van der Waals surface area contributed by atoms with Gasteiger partial charge in [0.05, 0.1) is 30.2 Å². The first-order valence-corrected chi connectivity index (χ1v) is 10.5. The molecule has 0 fully saturated rings. The number of carbonyl (C=O) groups excluding carboxylic acids is 2. The fourth-order valence-corrected chi connectivity index (χ4v) is 3.76. The van der Waals surface area contributed by atoms with Gasteiger partial charge >= 0.3 is 0 Å². The zero-order chi connectivity index (χ0) is 23.7. The smallest absolute Gasteiger partial charge is 0.291 e. The lowest BCUT2D eigenvalue weighted by atomic mass is 10.2. The van der Waals surface area contributed by atoms with Crippen LogP contribution < -0.4 is 19.7 Å². The number of hydrogen-bond donors (Lipinski definition) is 1. The van der Waals surface area contributed by atoms with E-state index in [-0.39, 0.29) is 18.3 Å². The number of nitrogens with zero attached hydrogens (tertiary/aromatic N) is 6. The summed E-state index contributed by atoms with van der Waals surface area (Å²) in [6, 6.07) is 12.2. The fraction of sp³-hybridized carbons (Fsp3) is 0.217. The Balaban J connectivity index is 1.34. The summed E-state index contributed by atoms with van der Waals surface area (Å²) >= 11 is 0. The summed E-state index contributed by atoms with van der Waals surface area (Å²) in [5, 5.41) is 7.56. The van der Waals surface area contributed by atoms with E-state index in [0.29, 0.717) is 34.8 Å². The number of fused-ring (bicyclic) bond motifs is 2. The molecule has 0 spiro atoms. The molecule has 11 nitrogen and oxygen atoms in total. The third kappa shape index (κ3) is 3.98. The topological polar surface area (TPSA) is 124 Å². The Morgan fingerprint density at radius 3 is 2.82 bits per heavy atom. The summed E-state index contributed by atoms with van der Waals surface area (Å²) in [5.74, 6) is -0.0817. The average Bonchev–Trinajstić information content (AvgIpc) is 3.29. The lowest BCUT2D eigenvalue weighted by Crippen LogP contribution is -2.49. The van der Waals surface area contributed by atoms with Crippen LogP contribution in [0, 0.1) is 0 Å². The van der Waals surface area contributed by atoms with E-state index in [4.69, 9.17) is 9.47 Å². The Kier molecular flexibility index (Phi) is 5.50.